The molecule has 1 atom stereocenters. The van der Waals surface area contributed by atoms with Crippen LogP contribution in [0.1, 0.15) is 31.7 Å². The number of piperidine rings is 1. The van der Waals surface area contributed by atoms with Crippen LogP contribution in [0.2, 0.25) is 0 Å². The van der Waals surface area contributed by atoms with Gasteiger partial charge in [-0.25, -0.2) is 4.79 Å². The van der Waals surface area contributed by atoms with Crippen LogP contribution in [0.15, 0.2) is 30.3 Å². The molecule has 2 heterocycles. The molecular weight excluding hydrogens is 354 g/mol. The Morgan fingerprint density at radius 1 is 1.00 bits per heavy atom. The van der Waals surface area contributed by atoms with Crippen LogP contribution in [0.25, 0.3) is 0 Å². The lowest BCUT2D eigenvalue weighted by molar-refractivity contribution is -0.157. The van der Waals surface area contributed by atoms with Crippen LogP contribution in [-0.4, -0.2) is 85.0 Å². The van der Waals surface area contributed by atoms with Gasteiger partial charge in [0.15, 0.2) is 0 Å². The molecule has 0 bridgehead atoms. The van der Waals surface area contributed by atoms with E-state index in [1.165, 1.54) is 5.56 Å². The number of carbonyl (C=O) groups excluding carboxylic acids is 2. The number of rotatable bonds is 7. The second-order valence-electron chi connectivity index (χ2n) is 7.70. The zero-order valence-electron chi connectivity index (χ0n) is 17.0. The monoisotopic (exact) mass is 387 g/mol. The molecule has 1 amide bonds. The Hall–Kier alpha value is -1.92. The van der Waals surface area contributed by atoms with Crippen molar-refractivity contribution in [1.82, 2.24) is 14.7 Å². The molecule has 0 spiro atoms. The van der Waals surface area contributed by atoms with E-state index < -0.39 is 6.04 Å². The Morgan fingerprint density at radius 3 is 2.43 bits per heavy atom. The highest BCUT2D eigenvalue weighted by Crippen LogP contribution is 2.19. The van der Waals surface area contributed by atoms with Crippen molar-refractivity contribution in [2.75, 3.05) is 52.4 Å². The van der Waals surface area contributed by atoms with Gasteiger partial charge in [0.2, 0.25) is 5.91 Å². The van der Waals surface area contributed by atoms with Crippen molar-refractivity contribution in [3.63, 3.8) is 0 Å². The van der Waals surface area contributed by atoms with E-state index in [-0.39, 0.29) is 11.9 Å². The van der Waals surface area contributed by atoms with Crippen LogP contribution in [0, 0.1) is 0 Å². The highest BCUT2D eigenvalue weighted by molar-refractivity contribution is 5.85. The van der Waals surface area contributed by atoms with Gasteiger partial charge in [-0.15, -0.1) is 0 Å². The predicted octanol–water partition coefficient (Wildman–Crippen LogP) is 1.79. The SMILES string of the molecule is CCOC(=O)C1CCCCN1C(=O)CN1CCN(CCc2ccccc2)CC1. The highest BCUT2D eigenvalue weighted by atomic mass is 16.5. The first kappa shape index (κ1) is 20.8. The number of hydrogen-bond donors (Lipinski definition) is 0. The molecular formula is C22H33N3O3. The number of likely N-dealkylation sites (tertiary alicyclic amines) is 1. The van der Waals surface area contributed by atoms with Gasteiger partial charge in [-0.3, -0.25) is 9.69 Å². The van der Waals surface area contributed by atoms with Gasteiger partial charge in [0, 0.05) is 39.3 Å². The molecule has 0 aliphatic carbocycles. The third-order valence-corrected chi connectivity index (χ3v) is 5.77. The smallest absolute Gasteiger partial charge is 0.328 e. The summed E-state index contributed by atoms with van der Waals surface area (Å²) in [7, 11) is 0. The Labute approximate surface area is 168 Å². The lowest BCUT2D eigenvalue weighted by atomic mass is 10.0. The molecule has 2 aliphatic rings. The first-order valence-corrected chi connectivity index (χ1v) is 10.6. The molecule has 0 aromatic heterocycles. The van der Waals surface area contributed by atoms with Crippen molar-refractivity contribution in [1.29, 1.82) is 0 Å². The molecule has 2 fully saturated rings. The summed E-state index contributed by atoms with van der Waals surface area (Å²) in [6.45, 7) is 8.08. The predicted molar refractivity (Wildman–Crippen MR) is 109 cm³/mol. The minimum Gasteiger partial charge on any atom is -0.464 e. The normalized spacial score (nSPS) is 21.5. The Bertz CT molecular complexity index is 629. The quantitative estimate of drug-likeness (QED) is 0.668. The van der Waals surface area contributed by atoms with E-state index in [1.54, 1.807) is 4.90 Å². The van der Waals surface area contributed by atoms with Crippen LogP contribution in [-0.2, 0) is 20.7 Å². The van der Waals surface area contributed by atoms with Gasteiger partial charge >= 0.3 is 5.97 Å². The first-order valence-electron chi connectivity index (χ1n) is 10.6. The minimum atomic E-state index is -0.395. The summed E-state index contributed by atoms with van der Waals surface area (Å²) < 4.78 is 5.18. The average molecular weight is 388 g/mol. The molecule has 0 saturated carbocycles. The topological polar surface area (TPSA) is 53.1 Å². The lowest BCUT2D eigenvalue weighted by Crippen LogP contribution is -2.54. The number of esters is 1. The largest absolute Gasteiger partial charge is 0.464 e. The maximum Gasteiger partial charge on any atom is 0.328 e. The summed E-state index contributed by atoms with van der Waals surface area (Å²) in [5.41, 5.74) is 1.37. The number of nitrogens with zero attached hydrogens (tertiary/aromatic N) is 3. The van der Waals surface area contributed by atoms with Crippen molar-refractivity contribution in [3.8, 4) is 0 Å². The second-order valence-corrected chi connectivity index (χ2v) is 7.70. The van der Waals surface area contributed by atoms with E-state index in [1.807, 2.05) is 13.0 Å². The van der Waals surface area contributed by atoms with Crippen molar-refractivity contribution >= 4 is 11.9 Å². The lowest BCUT2D eigenvalue weighted by Gasteiger charge is -2.38. The van der Waals surface area contributed by atoms with E-state index in [4.69, 9.17) is 4.74 Å². The van der Waals surface area contributed by atoms with Gasteiger partial charge in [-0.1, -0.05) is 30.3 Å². The molecule has 2 saturated heterocycles. The summed E-state index contributed by atoms with van der Waals surface area (Å²) in [6, 6.07) is 10.2. The van der Waals surface area contributed by atoms with E-state index in [0.29, 0.717) is 19.7 Å². The van der Waals surface area contributed by atoms with Crippen LogP contribution >= 0.6 is 0 Å². The summed E-state index contributed by atoms with van der Waals surface area (Å²) >= 11 is 0. The van der Waals surface area contributed by atoms with Gasteiger partial charge < -0.3 is 14.5 Å². The molecule has 2 aliphatic heterocycles. The zero-order chi connectivity index (χ0) is 19.8. The van der Waals surface area contributed by atoms with Gasteiger partial charge in [0.25, 0.3) is 0 Å². The number of piperazine rings is 1. The summed E-state index contributed by atoms with van der Waals surface area (Å²) in [4.78, 5) is 31.5. The van der Waals surface area contributed by atoms with Crippen LogP contribution in [0.4, 0.5) is 0 Å². The second kappa shape index (κ2) is 10.6. The van der Waals surface area contributed by atoms with Crippen molar-refractivity contribution in [2.45, 2.75) is 38.6 Å². The van der Waals surface area contributed by atoms with E-state index in [2.05, 4.69) is 34.1 Å². The Kier molecular flexibility index (Phi) is 7.86. The Balaban J connectivity index is 1.43. The number of ether oxygens (including phenoxy) is 1. The molecule has 6 heteroatoms. The Morgan fingerprint density at radius 2 is 1.71 bits per heavy atom. The zero-order valence-corrected chi connectivity index (χ0v) is 17.0. The fraction of sp³-hybridized carbons (Fsp3) is 0.636. The number of carbonyl (C=O) groups is 2. The maximum absolute atomic E-state index is 12.8. The van der Waals surface area contributed by atoms with Crippen molar-refractivity contribution in [3.05, 3.63) is 35.9 Å². The minimum absolute atomic E-state index is 0.0653. The maximum atomic E-state index is 12.8. The van der Waals surface area contributed by atoms with Crippen LogP contribution in [0.5, 0.6) is 0 Å². The highest BCUT2D eigenvalue weighted by Gasteiger charge is 2.34. The third-order valence-electron chi connectivity index (χ3n) is 5.77. The van der Waals surface area contributed by atoms with E-state index in [9.17, 15) is 9.59 Å². The summed E-state index contributed by atoms with van der Waals surface area (Å²) in [6.07, 6.45) is 3.73. The summed E-state index contributed by atoms with van der Waals surface area (Å²) in [5, 5.41) is 0. The summed E-state index contributed by atoms with van der Waals surface area (Å²) in [5.74, 6) is -0.184. The molecule has 6 nitrogen and oxygen atoms in total. The average Bonchev–Trinajstić information content (AvgIpc) is 2.74. The molecule has 154 valence electrons. The van der Waals surface area contributed by atoms with Crippen LogP contribution in [0.3, 0.4) is 0 Å². The molecule has 0 N–H and O–H groups in total. The van der Waals surface area contributed by atoms with E-state index in [0.717, 1.165) is 58.4 Å². The molecule has 0 radical (unpaired) electrons. The standard InChI is InChI=1S/C22H33N3O3/c1-2-28-22(27)20-10-6-7-12-25(20)21(26)18-24-16-14-23(15-17-24)13-11-19-8-4-3-5-9-19/h3-5,8-9,20H,2,6-7,10-18H2,1H3. The van der Waals surface area contributed by atoms with Gasteiger partial charge in [0.1, 0.15) is 6.04 Å². The fourth-order valence-electron chi connectivity index (χ4n) is 4.10. The molecule has 1 unspecified atom stereocenters. The van der Waals surface area contributed by atoms with Gasteiger partial charge in [0.05, 0.1) is 13.2 Å². The number of benzene rings is 1. The fourth-order valence-corrected chi connectivity index (χ4v) is 4.10. The number of hydrogen-bond acceptors (Lipinski definition) is 5. The van der Waals surface area contributed by atoms with Crippen molar-refractivity contribution in [2.24, 2.45) is 0 Å². The molecule has 1 aromatic carbocycles. The molecule has 28 heavy (non-hydrogen) atoms. The van der Waals surface area contributed by atoms with Crippen molar-refractivity contribution < 1.29 is 14.3 Å². The third kappa shape index (κ3) is 5.79. The van der Waals surface area contributed by atoms with Crippen LogP contribution < -0.4 is 0 Å². The number of amides is 1. The van der Waals surface area contributed by atoms with Gasteiger partial charge in [-0.2, -0.15) is 0 Å². The molecule has 1 aromatic rings. The van der Waals surface area contributed by atoms with E-state index >= 15 is 0 Å². The molecule has 3 rings (SSSR count). The van der Waals surface area contributed by atoms with Gasteiger partial charge in [-0.05, 0) is 38.2 Å². The first-order chi connectivity index (χ1) is 13.7.